The normalized spacial score (nSPS) is 9.00. The van der Waals surface area contributed by atoms with E-state index in [0.29, 0.717) is 17.7 Å². The highest BCUT2D eigenvalue weighted by Crippen LogP contribution is 2.10. The molecule has 0 atom stereocenters. The van der Waals surface area contributed by atoms with Crippen LogP contribution in [0, 0.1) is 0 Å². The van der Waals surface area contributed by atoms with E-state index in [9.17, 15) is 4.79 Å². The Morgan fingerprint density at radius 3 is 2.43 bits per heavy atom. The third-order valence-corrected chi connectivity index (χ3v) is 1.69. The summed E-state index contributed by atoms with van der Waals surface area (Å²) in [6.07, 6.45) is 0.489. The molecule has 78 valence electrons. The molecule has 1 rings (SSSR count). The molecule has 0 aliphatic carbocycles. The van der Waals surface area contributed by atoms with Gasteiger partial charge in [-0.3, -0.25) is 4.79 Å². The summed E-state index contributed by atoms with van der Waals surface area (Å²) in [7, 11) is 0. The third kappa shape index (κ3) is 3.45. The number of hydrogen-bond donors (Lipinski definition) is 2. The molecule has 0 bridgehead atoms. The molecular weight excluding hydrogens is 250 g/mol. The lowest BCUT2D eigenvalue weighted by atomic mass is 10.1. The highest BCUT2D eigenvalue weighted by Gasteiger charge is 2.01. The van der Waals surface area contributed by atoms with Crippen LogP contribution in [0.3, 0.4) is 0 Å². The van der Waals surface area contributed by atoms with Crippen LogP contribution < -0.4 is 22.5 Å². The van der Waals surface area contributed by atoms with Crippen LogP contribution in [0.2, 0.25) is 0 Å². The lowest BCUT2D eigenvalue weighted by Crippen LogP contribution is -3.00. The van der Waals surface area contributed by atoms with Crippen LogP contribution in [0.4, 0.5) is 5.69 Å². The second kappa shape index (κ2) is 6.53. The molecule has 0 aliphatic rings. The van der Waals surface area contributed by atoms with Crippen molar-refractivity contribution in [3.05, 3.63) is 29.8 Å². The van der Waals surface area contributed by atoms with Crippen LogP contribution in [-0.2, 0) is 4.99 Å². The van der Waals surface area contributed by atoms with Crippen molar-refractivity contribution in [2.45, 2.75) is 13.3 Å². The second-order valence-corrected chi connectivity index (χ2v) is 2.55. The van der Waals surface area contributed by atoms with Crippen molar-refractivity contribution in [1.82, 2.24) is 0 Å². The Hall–Kier alpha value is -0.910. The Bertz CT molecular complexity index is 287. The molecule has 0 saturated carbocycles. The van der Waals surface area contributed by atoms with Gasteiger partial charge in [0.25, 0.3) is 0 Å². The third-order valence-electron chi connectivity index (χ3n) is 1.69. The van der Waals surface area contributed by atoms with Gasteiger partial charge in [0.1, 0.15) is 0 Å². The number of anilines is 1. The van der Waals surface area contributed by atoms with Crippen LogP contribution in [0.25, 0.3) is 0 Å². The standard InChI is InChI=1S/C9H11NO3.BrH/c1-2-9(11)7-3-5-8(6-4-7)10-13-12;/h3-6,10,12H,2H2,1H3;1H/p-1. The van der Waals surface area contributed by atoms with Crippen molar-refractivity contribution in [1.29, 1.82) is 0 Å². The maximum atomic E-state index is 11.2. The Balaban J connectivity index is 0.00000169. The molecule has 0 spiro atoms. The summed E-state index contributed by atoms with van der Waals surface area (Å²) in [4.78, 5) is 14.9. The minimum atomic E-state index is 0. The van der Waals surface area contributed by atoms with E-state index < -0.39 is 0 Å². The summed E-state index contributed by atoms with van der Waals surface area (Å²) < 4.78 is 0. The SMILES string of the molecule is CCC(=O)c1ccc(NOO)cc1.[Br-]. The predicted octanol–water partition coefficient (Wildman–Crippen LogP) is -0.900. The predicted molar refractivity (Wildman–Crippen MR) is 48.4 cm³/mol. The van der Waals surface area contributed by atoms with Gasteiger partial charge in [-0.15, -0.1) is 4.99 Å². The van der Waals surface area contributed by atoms with Crippen LogP contribution in [-0.4, -0.2) is 11.0 Å². The molecule has 0 aliphatic heterocycles. The fourth-order valence-electron chi connectivity index (χ4n) is 0.981. The molecule has 14 heavy (non-hydrogen) atoms. The lowest BCUT2D eigenvalue weighted by molar-refractivity contribution is -0.215. The molecule has 5 heteroatoms. The number of halogens is 1. The molecule has 0 amide bonds. The van der Waals surface area contributed by atoms with Crippen molar-refractivity contribution in [3.8, 4) is 0 Å². The number of carbonyl (C=O) groups excluding carboxylic acids is 1. The number of carbonyl (C=O) groups is 1. The molecule has 0 saturated heterocycles. The zero-order chi connectivity index (χ0) is 9.68. The first-order chi connectivity index (χ1) is 6.27. The Morgan fingerprint density at radius 2 is 2.00 bits per heavy atom. The average molecular weight is 261 g/mol. The Morgan fingerprint density at radius 1 is 1.43 bits per heavy atom. The summed E-state index contributed by atoms with van der Waals surface area (Å²) in [5.41, 5.74) is 3.49. The van der Waals surface area contributed by atoms with Gasteiger partial charge in [-0.2, -0.15) is 0 Å². The van der Waals surface area contributed by atoms with Crippen LogP contribution in [0.1, 0.15) is 23.7 Å². The number of rotatable bonds is 4. The molecule has 1 aromatic carbocycles. The first-order valence-corrected chi connectivity index (χ1v) is 3.97. The lowest BCUT2D eigenvalue weighted by Gasteiger charge is -2.01. The van der Waals surface area contributed by atoms with E-state index in [1.165, 1.54) is 0 Å². The van der Waals surface area contributed by atoms with E-state index in [0.717, 1.165) is 0 Å². The number of hydrogen-bond acceptors (Lipinski definition) is 4. The van der Waals surface area contributed by atoms with Gasteiger partial charge < -0.3 is 17.0 Å². The topological polar surface area (TPSA) is 58.6 Å². The fraction of sp³-hybridized carbons (Fsp3) is 0.222. The van der Waals surface area contributed by atoms with Crippen LogP contribution >= 0.6 is 0 Å². The molecule has 4 nitrogen and oxygen atoms in total. The van der Waals surface area contributed by atoms with Gasteiger partial charge in [0.2, 0.25) is 0 Å². The van der Waals surface area contributed by atoms with Gasteiger partial charge in [0.15, 0.2) is 5.78 Å². The molecule has 0 aromatic heterocycles. The van der Waals surface area contributed by atoms with Gasteiger partial charge in [0.05, 0.1) is 5.69 Å². The minimum Gasteiger partial charge on any atom is -1.00 e. The van der Waals surface area contributed by atoms with Gasteiger partial charge >= 0.3 is 0 Å². The maximum absolute atomic E-state index is 11.2. The molecule has 2 N–H and O–H groups in total. The first kappa shape index (κ1) is 13.1. The smallest absolute Gasteiger partial charge is 0.162 e. The van der Waals surface area contributed by atoms with E-state index in [-0.39, 0.29) is 22.8 Å². The quantitative estimate of drug-likeness (QED) is 0.419. The van der Waals surface area contributed by atoms with Crippen molar-refractivity contribution in [3.63, 3.8) is 0 Å². The van der Waals surface area contributed by atoms with Crippen molar-refractivity contribution >= 4 is 11.5 Å². The largest absolute Gasteiger partial charge is 1.00 e. The molecular formula is C9H11BrNO3-. The molecule has 0 heterocycles. The van der Waals surface area contributed by atoms with E-state index in [1.807, 2.05) is 6.92 Å². The van der Waals surface area contributed by atoms with Crippen molar-refractivity contribution in [2.75, 3.05) is 5.48 Å². The van der Waals surface area contributed by atoms with E-state index in [1.54, 1.807) is 24.3 Å². The summed E-state index contributed by atoms with van der Waals surface area (Å²) in [5, 5.41) is 8.07. The van der Waals surface area contributed by atoms with Crippen molar-refractivity contribution in [2.24, 2.45) is 0 Å². The fourth-order valence-corrected chi connectivity index (χ4v) is 0.981. The molecule has 1 aromatic rings. The number of ketones is 1. The highest BCUT2D eigenvalue weighted by molar-refractivity contribution is 5.96. The van der Waals surface area contributed by atoms with E-state index >= 15 is 0 Å². The Labute approximate surface area is 92.5 Å². The van der Waals surface area contributed by atoms with Gasteiger partial charge in [-0.25, -0.2) is 10.7 Å². The zero-order valence-electron chi connectivity index (χ0n) is 7.66. The zero-order valence-corrected chi connectivity index (χ0v) is 9.24. The first-order valence-electron chi connectivity index (χ1n) is 3.97. The molecule has 0 fully saturated rings. The summed E-state index contributed by atoms with van der Waals surface area (Å²) >= 11 is 0. The summed E-state index contributed by atoms with van der Waals surface area (Å²) in [6, 6.07) is 6.65. The molecule has 0 unspecified atom stereocenters. The van der Waals surface area contributed by atoms with Gasteiger partial charge in [-0.05, 0) is 24.3 Å². The number of Topliss-reactive ketones (excluding diaryl/α,β-unsaturated/α-hetero) is 1. The monoisotopic (exact) mass is 260 g/mol. The number of benzene rings is 1. The van der Waals surface area contributed by atoms with Crippen molar-refractivity contribution < 1.29 is 32.0 Å². The summed E-state index contributed by atoms with van der Waals surface area (Å²) in [6.45, 7) is 1.81. The molecule has 0 radical (unpaired) electrons. The highest BCUT2D eigenvalue weighted by atomic mass is 79.9. The van der Waals surface area contributed by atoms with E-state index in [2.05, 4.69) is 10.5 Å². The minimum absolute atomic E-state index is 0. The van der Waals surface area contributed by atoms with Crippen LogP contribution in [0.15, 0.2) is 24.3 Å². The second-order valence-electron chi connectivity index (χ2n) is 2.55. The summed E-state index contributed by atoms with van der Waals surface area (Å²) in [5.74, 6) is 0.0940. The number of nitrogens with one attached hydrogen (secondary N) is 1. The van der Waals surface area contributed by atoms with Gasteiger partial charge in [0, 0.05) is 12.0 Å². The average Bonchev–Trinajstić information content (AvgIpc) is 2.18. The Kier molecular flexibility index (Phi) is 6.11. The van der Waals surface area contributed by atoms with Crippen LogP contribution in [0.5, 0.6) is 0 Å². The van der Waals surface area contributed by atoms with E-state index in [4.69, 9.17) is 5.26 Å². The van der Waals surface area contributed by atoms with Gasteiger partial charge in [-0.1, -0.05) is 6.92 Å². The maximum Gasteiger partial charge on any atom is 0.162 e.